The molecule has 2 N–H and O–H groups in total. The average Bonchev–Trinajstić information content (AvgIpc) is 3.12. The summed E-state index contributed by atoms with van der Waals surface area (Å²) in [7, 11) is 1.94. The largest absolute Gasteiger partial charge is 0.346 e. The second-order valence-corrected chi connectivity index (χ2v) is 6.08. The van der Waals surface area contributed by atoms with Crippen molar-refractivity contribution in [2.45, 2.75) is 26.3 Å². The Kier molecular flexibility index (Phi) is 4.14. The van der Waals surface area contributed by atoms with E-state index in [1.165, 1.54) is 0 Å². The smallest absolute Gasteiger partial charge is 0.226 e. The molecule has 2 heterocycles. The molecule has 6 nitrogen and oxygen atoms in total. The van der Waals surface area contributed by atoms with Crippen molar-refractivity contribution >= 4 is 16.8 Å². The van der Waals surface area contributed by atoms with Crippen LogP contribution in [0.5, 0.6) is 0 Å². The fourth-order valence-corrected chi connectivity index (χ4v) is 2.74. The highest BCUT2D eigenvalue weighted by Crippen LogP contribution is 2.20. The van der Waals surface area contributed by atoms with Crippen molar-refractivity contribution in [1.29, 1.82) is 0 Å². The molecule has 0 aliphatic carbocycles. The molecule has 0 fully saturated rings. The number of fused-ring (bicyclic) bond motifs is 1. The van der Waals surface area contributed by atoms with Crippen molar-refractivity contribution < 1.29 is 4.79 Å². The molecule has 0 saturated carbocycles. The highest BCUT2D eigenvalue weighted by molar-refractivity contribution is 5.87. The fraction of sp³-hybridized carbons (Fsp3) is 0.353. The Morgan fingerprint density at radius 1 is 1.35 bits per heavy atom. The molecule has 0 saturated heterocycles. The predicted octanol–water partition coefficient (Wildman–Crippen LogP) is 2.35. The van der Waals surface area contributed by atoms with Gasteiger partial charge in [0.2, 0.25) is 5.91 Å². The Hall–Kier alpha value is -2.63. The molecule has 0 aliphatic rings. The number of amides is 1. The van der Waals surface area contributed by atoms with E-state index in [2.05, 4.69) is 34.3 Å². The second kappa shape index (κ2) is 6.24. The normalized spacial score (nSPS) is 12.7. The van der Waals surface area contributed by atoms with Crippen molar-refractivity contribution in [3.8, 4) is 0 Å². The number of aromatic amines is 1. The Labute approximate surface area is 134 Å². The second-order valence-electron chi connectivity index (χ2n) is 6.08. The van der Waals surface area contributed by atoms with Gasteiger partial charge >= 0.3 is 0 Å². The van der Waals surface area contributed by atoms with E-state index < -0.39 is 0 Å². The van der Waals surface area contributed by atoms with Gasteiger partial charge in [0.1, 0.15) is 5.82 Å². The maximum atomic E-state index is 12.5. The van der Waals surface area contributed by atoms with Crippen LogP contribution in [-0.4, -0.2) is 25.7 Å². The highest BCUT2D eigenvalue weighted by Gasteiger charge is 2.22. The first-order valence-electron chi connectivity index (χ1n) is 7.75. The minimum absolute atomic E-state index is 0.0406. The third-order valence-electron chi connectivity index (χ3n) is 4.00. The van der Waals surface area contributed by atoms with Crippen LogP contribution in [0.4, 0.5) is 0 Å². The van der Waals surface area contributed by atoms with E-state index in [-0.39, 0.29) is 24.3 Å². The summed E-state index contributed by atoms with van der Waals surface area (Å²) < 4.78 is 1.94. The molecule has 0 spiro atoms. The number of hydrogen-bond acceptors (Lipinski definition) is 3. The van der Waals surface area contributed by atoms with E-state index in [1.807, 2.05) is 42.1 Å². The van der Waals surface area contributed by atoms with Crippen molar-refractivity contribution in [3.05, 3.63) is 48.2 Å². The molecule has 6 heteroatoms. The van der Waals surface area contributed by atoms with Crippen LogP contribution in [0.1, 0.15) is 31.4 Å². The lowest BCUT2D eigenvalue weighted by molar-refractivity contribution is -0.121. The Morgan fingerprint density at radius 2 is 2.13 bits per heavy atom. The number of nitrogens with one attached hydrogen (secondary N) is 2. The molecule has 23 heavy (non-hydrogen) atoms. The number of aromatic nitrogens is 4. The van der Waals surface area contributed by atoms with E-state index in [0.29, 0.717) is 0 Å². The van der Waals surface area contributed by atoms with Gasteiger partial charge in [0, 0.05) is 24.8 Å². The number of rotatable bonds is 5. The van der Waals surface area contributed by atoms with Gasteiger partial charge in [0.15, 0.2) is 0 Å². The molecule has 1 unspecified atom stereocenters. The number of carbonyl (C=O) groups is 1. The molecule has 1 aromatic carbocycles. The molecule has 0 aliphatic heterocycles. The van der Waals surface area contributed by atoms with E-state index in [1.54, 1.807) is 6.20 Å². The minimum Gasteiger partial charge on any atom is -0.346 e. The molecule has 3 rings (SSSR count). The molecule has 0 radical (unpaired) electrons. The standard InChI is InChI=1S/C17H21N5O/c1-11(2)16(17-18-8-9-22(17)3)19-15(23)10-14-12-6-4-5-7-13(12)20-21-14/h4-9,11,16H,10H2,1-3H3,(H,19,23)(H,20,21). The number of para-hydroxylation sites is 1. The van der Waals surface area contributed by atoms with Gasteiger partial charge in [0.05, 0.1) is 23.7 Å². The SMILES string of the molecule is CC(C)C(NC(=O)Cc1[nH]nc2ccccc12)c1nccn1C. The fourth-order valence-electron chi connectivity index (χ4n) is 2.74. The monoisotopic (exact) mass is 311 g/mol. The molecular formula is C17H21N5O. The van der Waals surface area contributed by atoms with Crippen LogP contribution in [-0.2, 0) is 18.3 Å². The number of H-pyrrole nitrogens is 1. The summed E-state index contributed by atoms with van der Waals surface area (Å²) in [6.07, 6.45) is 3.91. The third-order valence-corrected chi connectivity index (χ3v) is 4.00. The average molecular weight is 311 g/mol. The van der Waals surface area contributed by atoms with Gasteiger partial charge in [0.25, 0.3) is 0 Å². The zero-order chi connectivity index (χ0) is 16.4. The van der Waals surface area contributed by atoms with Gasteiger partial charge in [-0.3, -0.25) is 9.89 Å². The molecule has 1 atom stereocenters. The number of aryl methyl sites for hydroxylation is 1. The first kappa shape index (κ1) is 15.3. The summed E-state index contributed by atoms with van der Waals surface area (Å²) in [6, 6.07) is 7.67. The summed E-state index contributed by atoms with van der Waals surface area (Å²) in [6.45, 7) is 4.15. The highest BCUT2D eigenvalue weighted by atomic mass is 16.1. The van der Waals surface area contributed by atoms with Gasteiger partial charge < -0.3 is 9.88 Å². The Morgan fingerprint density at radius 3 is 2.83 bits per heavy atom. The number of nitrogens with zero attached hydrogens (tertiary/aromatic N) is 3. The van der Waals surface area contributed by atoms with Crippen LogP contribution < -0.4 is 5.32 Å². The van der Waals surface area contributed by atoms with Gasteiger partial charge in [-0.15, -0.1) is 0 Å². The zero-order valence-electron chi connectivity index (χ0n) is 13.6. The van der Waals surface area contributed by atoms with Crippen molar-refractivity contribution in [2.24, 2.45) is 13.0 Å². The minimum atomic E-state index is -0.114. The third kappa shape index (κ3) is 3.11. The summed E-state index contributed by atoms with van der Waals surface area (Å²) in [5.74, 6) is 1.07. The van der Waals surface area contributed by atoms with Crippen LogP contribution in [0.3, 0.4) is 0 Å². The summed E-state index contributed by atoms with van der Waals surface area (Å²) in [5.41, 5.74) is 1.71. The molecular weight excluding hydrogens is 290 g/mol. The number of carbonyl (C=O) groups excluding carboxylic acids is 1. The zero-order valence-corrected chi connectivity index (χ0v) is 13.6. The first-order valence-corrected chi connectivity index (χ1v) is 7.75. The maximum Gasteiger partial charge on any atom is 0.226 e. The van der Waals surface area contributed by atoms with Gasteiger partial charge in [-0.1, -0.05) is 32.0 Å². The number of benzene rings is 1. The lowest BCUT2D eigenvalue weighted by Crippen LogP contribution is -2.34. The molecule has 1 amide bonds. The summed E-state index contributed by atoms with van der Waals surface area (Å²) >= 11 is 0. The van der Waals surface area contributed by atoms with E-state index in [9.17, 15) is 4.79 Å². The summed E-state index contributed by atoms with van der Waals surface area (Å²) in [4.78, 5) is 16.8. The first-order chi connectivity index (χ1) is 11.1. The van der Waals surface area contributed by atoms with Crippen LogP contribution in [0.15, 0.2) is 36.7 Å². The van der Waals surface area contributed by atoms with Gasteiger partial charge in [-0.05, 0) is 12.0 Å². The lowest BCUT2D eigenvalue weighted by Gasteiger charge is -2.22. The lowest BCUT2D eigenvalue weighted by atomic mass is 10.0. The van der Waals surface area contributed by atoms with Crippen LogP contribution in [0.25, 0.3) is 10.9 Å². The van der Waals surface area contributed by atoms with Gasteiger partial charge in [-0.25, -0.2) is 4.98 Å². The van der Waals surface area contributed by atoms with Crippen molar-refractivity contribution in [3.63, 3.8) is 0 Å². The maximum absolute atomic E-state index is 12.5. The van der Waals surface area contributed by atoms with Crippen LogP contribution in [0.2, 0.25) is 0 Å². The van der Waals surface area contributed by atoms with Crippen LogP contribution >= 0.6 is 0 Å². The molecule has 120 valence electrons. The molecule has 2 aromatic heterocycles. The van der Waals surface area contributed by atoms with Crippen molar-refractivity contribution in [2.75, 3.05) is 0 Å². The quantitative estimate of drug-likeness (QED) is 0.759. The van der Waals surface area contributed by atoms with Crippen molar-refractivity contribution in [1.82, 2.24) is 25.1 Å². The van der Waals surface area contributed by atoms with Crippen LogP contribution in [0, 0.1) is 5.92 Å². The van der Waals surface area contributed by atoms with E-state index in [0.717, 1.165) is 22.4 Å². The Balaban J connectivity index is 1.76. The summed E-state index contributed by atoms with van der Waals surface area (Å²) in [5, 5.41) is 11.3. The van der Waals surface area contributed by atoms with E-state index >= 15 is 0 Å². The predicted molar refractivity (Wildman–Crippen MR) is 88.7 cm³/mol. The molecule has 3 aromatic rings. The Bertz CT molecular complexity index is 817. The number of hydrogen-bond donors (Lipinski definition) is 2. The molecule has 0 bridgehead atoms. The number of imidazole rings is 1. The topological polar surface area (TPSA) is 75.6 Å². The van der Waals surface area contributed by atoms with Gasteiger partial charge in [-0.2, -0.15) is 5.10 Å². The van der Waals surface area contributed by atoms with E-state index in [4.69, 9.17) is 0 Å².